The number of hydrogen-bond acceptors (Lipinski definition) is 3. The maximum absolute atomic E-state index is 5.89. The van der Waals surface area contributed by atoms with Crippen LogP contribution in [0, 0.1) is 6.92 Å². The topological polar surface area (TPSA) is 37.8 Å². The Morgan fingerprint density at radius 2 is 2.19 bits per heavy atom. The van der Waals surface area contributed by atoms with Crippen LogP contribution in [-0.2, 0) is 6.54 Å². The third kappa shape index (κ3) is 2.70. The normalized spacial score (nSPS) is 10.1. The lowest BCUT2D eigenvalue weighted by molar-refractivity contribution is 1.00. The third-order valence-electron chi connectivity index (χ3n) is 2.29. The summed E-state index contributed by atoms with van der Waals surface area (Å²) in [7, 11) is 0. The standard InChI is InChI=1S/C12H12ClN3/c1-9-6-10(13)2-3-12(9)15-7-11-4-5-14-8-16-11/h2-6,8,15H,7H2,1H3. The average Bonchev–Trinajstić information content (AvgIpc) is 2.29. The molecule has 0 atom stereocenters. The van der Waals surface area contributed by atoms with E-state index in [1.807, 2.05) is 31.2 Å². The van der Waals surface area contributed by atoms with E-state index in [0.717, 1.165) is 22.0 Å². The van der Waals surface area contributed by atoms with E-state index in [1.54, 1.807) is 12.5 Å². The molecule has 16 heavy (non-hydrogen) atoms. The molecule has 1 heterocycles. The zero-order valence-electron chi connectivity index (χ0n) is 8.94. The first-order valence-electron chi connectivity index (χ1n) is 5.00. The maximum Gasteiger partial charge on any atom is 0.115 e. The van der Waals surface area contributed by atoms with E-state index in [1.165, 1.54) is 0 Å². The van der Waals surface area contributed by atoms with Crippen LogP contribution in [0.5, 0.6) is 0 Å². The minimum atomic E-state index is 0.686. The van der Waals surface area contributed by atoms with Crippen LogP contribution >= 0.6 is 11.6 Å². The number of halogens is 1. The third-order valence-corrected chi connectivity index (χ3v) is 2.53. The monoisotopic (exact) mass is 233 g/mol. The summed E-state index contributed by atoms with van der Waals surface area (Å²) in [6.45, 7) is 2.71. The van der Waals surface area contributed by atoms with E-state index in [4.69, 9.17) is 11.6 Å². The fourth-order valence-electron chi connectivity index (χ4n) is 1.43. The molecule has 0 aliphatic heterocycles. The molecule has 1 aromatic heterocycles. The molecular weight excluding hydrogens is 222 g/mol. The molecule has 0 aliphatic rings. The van der Waals surface area contributed by atoms with E-state index in [-0.39, 0.29) is 0 Å². The van der Waals surface area contributed by atoms with Gasteiger partial charge in [0.2, 0.25) is 0 Å². The molecule has 3 nitrogen and oxygen atoms in total. The molecular formula is C12H12ClN3. The molecule has 0 amide bonds. The highest BCUT2D eigenvalue weighted by Crippen LogP contribution is 2.19. The van der Waals surface area contributed by atoms with Gasteiger partial charge < -0.3 is 5.32 Å². The maximum atomic E-state index is 5.89. The van der Waals surface area contributed by atoms with Gasteiger partial charge in [-0.2, -0.15) is 0 Å². The first kappa shape index (κ1) is 10.9. The Balaban J connectivity index is 2.05. The van der Waals surface area contributed by atoms with Crippen LogP contribution in [0.25, 0.3) is 0 Å². The lowest BCUT2D eigenvalue weighted by Crippen LogP contribution is -2.02. The second kappa shape index (κ2) is 4.94. The molecule has 0 saturated carbocycles. The van der Waals surface area contributed by atoms with E-state index < -0.39 is 0 Å². The summed E-state index contributed by atoms with van der Waals surface area (Å²) >= 11 is 5.89. The Bertz CT molecular complexity index is 471. The van der Waals surface area contributed by atoms with Crippen molar-refractivity contribution < 1.29 is 0 Å². The first-order chi connectivity index (χ1) is 7.75. The minimum Gasteiger partial charge on any atom is -0.379 e. The molecule has 2 rings (SSSR count). The van der Waals surface area contributed by atoms with Crippen LogP contribution in [0.1, 0.15) is 11.3 Å². The highest BCUT2D eigenvalue weighted by atomic mass is 35.5. The molecule has 0 saturated heterocycles. The van der Waals surface area contributed by atoms with Crippen molar-refractivity contribution in [1.29, 1.82) is 0 Å². The van der Waals surface area contributed by atoms with Crippen LogP contribution in [0.4, 0.5) is 5.69 Å². The molecule has 1 N–H and O–H groups in total. The summed E-state index contributed by atoms with van der Waals surface area (Å²) in [5.74, 6) is 0. The van der Waals surface area contributed by atoms with Crippen molar-refractivity contribution in [3.05, 3.63) is 53.1 Å². The average molecular weight is 234 g/mol. The van der Waals surface area contributed by atoms with Gasteiger partial charge in [0, 0.05) is 16.9 Å². The Morgan fingerprint density at radius 3 is 2.88 bits per heavy atom. The van der Waals surface area contributed by atoms with Gasteiger partial charge in [0.25, 0.3) is 0 Å². The largest absolute Gasteiger partial charge is 0.379 e. The molecule has 0 aliphatic carbocycles. The number of anilines is 1. The van der Waals surface area contributed by atoms with E-state index in [0.29, 0.717) is 6.54 Å². The molecule has 4 heteroatoms. The fourth-order valence-corrected chi connectivity index (χ4v) is 1.66. The first-order valence-corrected chi connectivity index (χ1v) is 5.38. The summed E-state index contributed by atoms with van der Waals surface area (Å²) in [5.41, 5.74) is 3.16. The number of nitrogens with one attached hydrogen (secondary N) is 1. The Hall–Kier alpha value is -1.61. The van der Waals surface area contributed by atoms with E-state index >= 15 is 0 Å². The van der Waals surface area contributed by atoms with Gasteiger partial charge in [0.05, 0.1) is 12.2 Å². The number of nitrogens with zero attached hydrogens (tertiary/aromatic N) is 2. The molecule has 0 fully saturated rings. The number of rotatable bonds is 3. The number of benzene rings is 1. The van der Waals surface area contributed by atoms with Crippen LogP contribution in [0.15, 0.2) is 36.8 Å². The predicted octanol–water partition coefficient (Wildman–Crippen LogP) is 3.05. The highest BCUT2D eigenvalue weighted by molar-refractivity contribution is 6.30. The Kier molecular flexibility index (Phi) is 3.37. The molecule has 0 bridgehead atoms. The SMILES string of the molecule is Cc1cc(Cl)ccc1NCc1ccncn1. The number of aromatic nitrogens is 2. The lowest BCUT2D eigenvalue weighted by Gasteiger charge is -2.08. The van der Waals surface area contributed by atoms with Gasteiger partial charge in [-0.05, 0) is 36.8 Å². The van der Waals surface area contributed by atoms with Gasteiger partial charge in [-0.3, -0.25) is 0 Å². The summed E-state index contributed by atoms with van der Waals surface area (Å²) in [6.07, 6.45) is 3.28. The van der Waals surface area contributed by atoms with E-state index in [9.17, 15) is 0 Å². The summed E-state index contributed by atoms with van der Waals surface area (Å²) in [4.78, 5) is 8.01. The Labute approximate surface area is 99.5 Å². The highest BCUT2D eigenvalue weighted by Gasteiger charge is 1.99. The van der Waals surface area contributed by atoms with Crippen molar-refractivity contribution in [3.63, 3.8) is 0 Å². The molecule has 0 radical (unpaired) electrons. The van der Waals surface area contributed by atoms with Crippen LogP contribution < -0.4 is 5.32 Å². The van der Waals surface area contributed by atoms with E-state index in [2.05, 4.69) is 15.3 Å². The second-order valence-electron chi connectivity index (χ2n) is 3.51. The van der Waals surface area contributed by atoms with Gasteiger partial charge in [-0.1, -0.05) is 11.6 Å². The molecule has 0 spiro atoms. The van der Waals surface area contributed by atoms with Gasteiger partial charge in [0.1, 0.15) is 6.33 Å². The van der Waals surface area contributed by atoms with Gasteiger partial charge in [-0.25, -0.2) is 9.97 Å². The van der Waals surface area contributed by atoms with Gasteiger partial charge >= 0.3 is 0 Å². The van der Waals surface area contributed by atoms with Crippen molar-refractivity contribution in [2.45, 2.75) is 13.5 Å². The fraction of sp³-hybridized carbons (Fsp3) is 0.167. The summed E-state index contributed by atoms with van der Waals surface area (Å²) in [5, 5.41) is 4.06. The molecule has 82 valence electrons. The molecule has 2 aromatic rings. The van der Waals surface area contributed by atoms with Crippen molar-refractivity contribution in [3.8, 4) is 0 Å². The lowest BCUT2D eigenvalue weighted by atomic mass is 10.2. The summed E-state index contributed by atoms with van der Waals surface area (Å²) < 4.78 is 0. The van der Waals surface area contributed by atoms with Crippen molar-refractivity contribution in [1.82, 2.24) is 9.97 Å². The molecule has 0 unspecified atom stereocenters. The zero-order valence-corrected chi connectivity index (χ0v) is 9.70. The number of aryl methyl sites for hydroxylation is 1. The Morgan fingerprint density at radius 1 is 1.31 bits per heavy atom. The molecule has 1 aromatic carbocycles. The van der Waals surface area contributed by atoms with Crippen molar-refractivity contribution in [2.75, 3.05) is 5.32 Å². The minimum absolute atomic E-state index is 0.686. The van der Waals surface area contributed by atoms with Crippen LogP contribution in [0.3, 0.4) is 0 Å². The van der Waals surface area contributed by atoms with Gasteiger partial charge in [0.15, 0.2) is 0 Å². The van der Waals surface area contributed by atoms with Crippen LogP contribution in [0.2, 0.25) is 5.02 Å². The second-order valence-corrected chi connectivity index (χ2v) is 3.95. The quantitative estimate of drug-likeness (QED) is 0.886. The zero-order chi connectivity index (χ0) is 11.4. The van der Waals surface area contributed by atoms with Crippen molar-refractivity contribution >= 4 is 17.3 Å². The van der Waals surface area contributed by atoms with Crippen LogP contribution in [-0.4, -0.2) is 9.97 Å². The smallest absolute Gasteiger partial charge is 0.115 e. The number of hydrogen-bond donors (Lipinski definition) is 1. The summed E-state index contributed by atoms with van der Waals surface area (Å²) in [6, 6.07) is 7.66. The predicted molar refractivity (Wildman–Crippen MR) is 65.5 cm³/mol. The van der Waals surface area contributed by atoms with Crippen molar-refractivity contribution in [2.24, 2.45) is 0 Å². The van der Waals surface area contributed by atoms with Gasteiger partial charge in [-0.15, -0.1) is 0 Å².